The molecule has 0 unspecified atom stereocenters. The fraction of sp³-hybridized carbons (Fsp3) is 0. The van der Waals surface area contributed by atoms with Crippen LogP contribution in [-0.2, 0) is 0 Å². The maximum absolute atomic E-state index is 10.8. The summed E-state index contributed by atoms with van der Waals surface area (Å²) in [6.45, 7) is 0. The van der Waals surface area contributed by atoms with E-state index >= 15 is 0 Å². The van der Waals surface area contributed by atoms with Crippen LogP contribution in [0.1, 0.15) is 10.4 Å². The summed E-state index contributed by atoms with van der Waals surface area (Å²) in [4.78, 5) is 15.2. The largest absolute Gasteiger partial charge is 0.478 e. The maximum Gasteiger partial charge on any atom is 0.335 e. The van der Waals surface area contributed by atoms with Crippen molar-refractivity contribution in [2.24, 2.45) is 0 Å². The summed E-state index contributed by atoms with van der Waals surface area (Å²) in [6, 6.07) is 9.88. The molecule has 0 saturated carbocycles. The maximum atomic E-state index is 10.8. The second kappa shape index (κ2) is 5.52. The molecule has 3 aromatic rings. The van der Waals surface area contributed by atoms with Crippen LogP contribution >= 0.6 is 34.5 Å². The molecule has 0 radical (unpaired) electrons. The summed E-state index contributed by atoms with van der Waals surface area (Å²) in [6.07, 6.45) is 0. The van der Waals surface area contributed by atoms with E-state index in [-0.39, 0.29) is 5.56 Å². The molecule has 3 rings (SSSR count). The van der Waals surface area contributed by atoms with Gasteiger partial charge in [-0.15, -0.1) is 0 Å². The van der Waals surface area contributed by atoms with Gasteiger partial charge >= 0.3 is 5.97 Å². The molecule has 0 fully saturated rings. The van der Waals surface area contributed by atoms with Crippen LogP contribution in [0.4, 0.5) is 10.8 Å². The predicted molar refractivity (Wildman–Crippen MR) is 86.3 cm³/mol. The molecular weight excluding hydrogens is 331 g/mol. The van der Waals surface area contributed by atoms with Gasteiger partial charge in [-0.1, -0.05) is 34.5 Å². The third kappa shape index (κ3) is 2.95. The normalized spacial score (nSPS) is 10.8. The Morgan fingerprint density at radius 2 is 1.90 bits per heavy atom. The van der Waals surface area contributed by atoms with Crippen LogP contribution in [0.2, 0.25) is 10.0 Å². The van der Waals surface area contributed by atoms with Crippen LogP contribution in [0.15, 0.2) is 36.4 Å². The smallest absolute Gasteiger partial charge is 0.335 e. The Hall–Kier alpha value is -1.82. The number of anilines is 2. The molecule has 7 heteroatoms. The van der Waals surface area contributed by atoms with Gasteiger partial charge in [-0.3, -0.25) is 0 Å². The van der Waals surface area contributed by atoms with E-state index in [0.29, 0.717) is 20.7 Å². The van der Waals surface area contributed by atoms with Crippen molar-refractivity contribution in [1.82, 2.24) is 4.98 Å². The molecule has 0 aliphatic heterocycles. The Balaban J connectivity index is 1.91. The molecule has 0 saturated heterocycles. The van der Waals surface area contributed by atoms with E-state index in [9.17, 15) is 4.79 Å². The van der Waals surface area contributed by atoms with Gasteiger partial charge in [-0.05, 0) is 36.4 Å². The number of rotatable bonds is 3. The molecule has 21 heavy (non-hydrogen) atoms. The van der Waals surface area contributed by atoms with Crippen molar-refractivity contribution in [3.63, 3.8) is 0 Å². The zero-order valence-electron chi connectivity index (χ0n) is 10.4. The van der Waals surface area contributed by atoms with Crippen molar-refractivity contribution in [3.05, 3.63) is 52.0 Å². The molecule has 0 atom stereocenters. The van der Waals surface area contributed by atoms with Gasteiger partial charge in [0.2, 0.25) is 0 Å². The van der Waals surface area contributed by atoms with Crippen molar-refractivity contribution in [3.8, 4) is 0 Å². The van der Waals surface area contributed by atoms with Gasteiger partial charge in [-0.25, -0.2) is 9.78 Å². The fourth-order valence-corrected chi connectivity index (χ4v) is 3.44. The van der Waals surface area contributed by atoms with Gasteiger partial charge in [0, 0.05) is 10.7 Å². The summed E-state index contributed by atoms with van der Waals surface area (Å²) in [7, 11) is 0. The summed E-state index contributed by atoms with van der Waals surface area (Å²) in [5.41, 5.74) is 1.68. The summed E-state index contributed by atoms with van der Waals surface area (Å²) in [5, 5.41) is 13.7. The Morgan fingerprint density at radius 1 is 1.19 bits per heavy atom. The van der Waals surface area contributed by atoms with Crippen molar-refractivity contribution in [1.29, 1.82) is 0 Å². The fourth-order valence-electron chi connectivity index (χ4n) is 1.83. The lowest BCUT2D eigenvalue weighted by atomic mass is 10.2. The third-order valence-corrected chi connectivity index (χ3v) is 4.22. The lowest BCUT2D eigenvalue weighted by Crippen LogP contribution is -1.96. The lowest BCUT2D eigenvalue weighted by Gasteiger charge is -2.02. The minimum atomic E-state index is -0.956. The van der Waals surface area contributed by atoms with Gasteiger partial charge in [0.05, 0.1) is 15.3 Å². The first kappa shape index (κ1) is 14.1. The Bertz CT molecular complexity index is 831. The zero-order valence-corrected chi connectivity index (χ0v) is 12.8. The van der Waals surface area contributed by atoms with E-state index in [0.717, 1.165) is 10.4 Å². The number of carboxylic acids is 1. The number of thiazole rings is 1. The van der Waals surface area contributed by atoms with Crippen LogP contribution < -0.4 is 5.32 Å². The quantitative estimate of drug-likeness (QED) is 0.701. The number of aromatic nitrogens is 1. The first-order valence-corrected chi connectivity index (χ1v) is 7.46. The topological polar surface area (TPSA) is 62.2 Å². The van der Waals surface area contributed by atoms with E-state index in [1.807, 2.05) is 0 Å². The van der Waals surface area contributed by atoms with Crippen LogP contribution in [0, 0.1) is 0 Å². The summed E-state index contributed by atoms with van der Waals surface area (Å²) in [5.74, 6) is -0.956. The second-order valence-corrected chi connectivity index (χ2v) is 6.14. The number of carbonyl (C=O) groups is 1. The SMILES string of the molecule is O=C(O)c1ccc(Nc2nc3c(Cl)cc(Cl)cc3s2)cc1. The molecule has 0 aliphatic carbocycles. The van der Waals surface area contributed by atoms with Crippen molar-refractivity contribution in [2.75, 3.05) is 5.32 Å². The minimum absolute atomic E-state index is 0.236. The molecule has 0 aliphatic rings. The van der Waals surface area contributed by atoms with Crippen LogP contribution in [0.3, 0.4) is 0 Å². The van der Waals surface area contributed by atoms with Gasteiger partial charge in [0.1, 0.15) is 5.52 Å². The first-order chi connectivity index (χ1) is 10.0. The van der Waals surface area contributed by atoms with Crippen LogP contribution in [0.25, 0.3) is 10.2 Å². The van der Waals surface area contributed by atoms with Crippen LogP contribution in [-0.4, -0.2) is 16.1 Å². The molecule has 1 aromatic heterocycles. The Labute approximate surface area is 134 Å². The molecule has 0 bridgehead atoms. The average Bonchev–Trinajstić information content (AvgIpc) is 2.82. The van der Waals surface area contributed by atoms with E-state index in [4.69, 9.17) is 28.3 Å². The van der Waals surface area contributed by atoms with E-state index in [1.54, 1.807) is 24.3 Å². The molecule has 1 heterocycles. The first-order valence-electron chi connectivity index (χ1n) is 5.89. The molecule has 0 spiro atoms. The average molecular weight is 339 g/mol. The van der Waals surface area contributed by atoms with Gasteiger partial charge in [-0.2, -0.15) is 0 Å². The molecule has 0 amide bonds. The number of carboxylic acid groups (broad SMARTS) is 1. The molecule has 2 aromatic carbocycles. The Kier molecular flexibility index (Phi) is 3.71. The number of halogens is 2. The summed E-state index contributed by atoms with van der Waals surface area (Å²) >= 11 is 13.5. The number of nitrogens with zero attached hydrogens (tertiary/aromatic N) is 1. The summed E-state index contributed by atoms with van der Waals surface area (Å²) < 4.78 is 0.886. The number of fused-ring (bicyclic) bond motifs is 1. The molecule has 106 valence electrons. The minimum Gasteiger partial charge on any atom is -0.478 e. The van der Waals surface area contributed by atoms with E-state index in [1.165, 1.54) is 23.5 Å². The predicted octanol–water partition coefficient (Wildman–Crippen LogP) is 5.04. The van der Waals surface area contributed by atoms with Crippen molar-refractivity contribution < 1.29 is 9.90 Å². The van der Waals surface area contributed by atoms with Crippen LogP contribution in [0.5, 0.6) is 0 Å². The highest BCUT2D eigenvalue weighted by Gasteiger charge is 2.09. The second-order valence-electron chi connectivity index (χ2n) is 4.26. The van der Waals surface area contributed by atoms with Crippen molar-refractivity contribution >= 4 is 61.5 Å². The number of aromatic carboxylic acids is 1. The zero-order chi connectivity index (χ0) is 15.0. The highest BCUT2D eigenvalue weighted by molar-refractivity contribution is 7.22. The van der Waals surface area contributed by atoms with Crippen molar-refractivity contribution in [2.45, 2.75) is 0 Å². The van der Waals surface area contributed by atoms with E-state index in [2.05, 4.69) is 10.3 Å². The number of hydrogen-bond donors (Lipinski definition) is 2. The lowest BCUT2D eigenvalue weighted by molar-refractivity contribution is 0.0697. The highest BCUT2D eigenvalue weighted by Crippen LogP contribution is 2.34. The molecule has 2 N–H and O–H groups in total. The third-order valence-electron chi connectivity index (χ3n) is 2.80. The number of hydrogen-bond acceptors (Lipinski definition) is 4. The van der Waals surface area contributed by atoms with Gasteiger partial charge in [0.25, 0.3) is 0 Å². The molecule has 4 nitrogen and oxygen atoms in total. The number of nitrogens with one attached hydrogen (secondary N) is 1. The monoisotopic (exact) mass is 338 g/mol. The Morgan fingerprint density at radius 3 is 2.57 bits per heavy atom. The highest BCUT2D eigenvalue weighted by atomic mass is 35.5. The standard InChI is InChI=1S/C14H8Cl2N2O2S/c15-8-5-10(16)12-11(6-8)21-14(18-12)17-9-3-1-7(2-4-9)13(19)20/h1-6H,(H,17,18)(H,19,20). The number of benzene rings is 2. The van der Waals surface area contributed by atoms with Gasteiger partial charge in [0.15, 0.2) is 5.13 Å². The molecular formula is C14H8Cl2N2O2S. The van der Waals surface area contributed by atoms with Gasteiger partial charge < -0.3 is 10.4 Å². The van der Waals surface area contributed by atoms with E-state index < -0.39 is 5.97 Å².